The zero-order valence-corrected chi connectivity index (χ0v) is 12.8. The van der Waals surface area contributed by atoms with Crippen LogP contribution in [0, 0.1) is 11.8 Å². The lowest BCUT2D eigenvalue weighted by molar-refractivity contribution is 0.134. The summed E-state index contributed by atoms with van der Waals surface area (Å²) in [6.45, 7) is 9.12. The highest BCUT2D eigenvalue weighted by molar-refractivity contribution is 5.79. The van der Waals surface area contributed by atoms with Crippen molar-refractivity contribution < 1.29 is 5.11 Å². The number of guanidine groups is 1. The van der Waals surface area contributed by atoms with Crippen LogP contribution in [0.1, 0.15) is 52.9 Å². The summed E-state index contributed by atoms with van der Waals surface area (Å²) in [6.07, 6.45) is 5.46. The summed E-state index contributed by atoms with van der Waals surface area (Å²) < 4.78 is 0. The molecule has 3 N–H and O–H groups in total. The summed E-state index contributed by atoms with van der Waals surface area (Å²) in [5.41, 5.74) is 0. The number of aliphatic imine (C=N–C) groups is 1. The highest BCUT2D eigenvalue weighted by Gasteiger charge is 2.24. The monoisotopic (exact) mass is 269 g/mol. The summed E-state index contributed by atoms with van der Waals surface area (Å²) >= 11 is 0. The van der Waals surface area contributed by atoms with Crippen LogP contribution in [0.25, 0.3) is 0 Å². The third-order valence-electron chi connectivity index (χ3n) is 4.16. The average Bonchev–Trinajstić information content (AvgIpc) is 2.82. The van der Waals surface area contributed by atoms with Crippen LogP contribution in [0.5, 0.6) is 0 Å². The minimum Gasteiger partial charge on any atom is -0.393 e. The van der Waals surface area contributed by atoms with E-state index in [1.54, 1.807) is 0 Å². The molecule has 1 rings (SSSR count). The third-order valence-corrected chi connectivity index (χ3v) is 4.16. The van der Waals surface area contributed by atoms with Crippen molar-refractivity contribution >= 4 is 5.96 Å². The maximum Gasteiger partial charge on any atom is 0.191 e. The Morgan fingerprint density at radius 2 is 1.95 bits per heavy atom. The first-order valence-corrected chi connectivity index (χ1v) is 7.91. The standard InChI is InChI=1S/C15H31N3O/c1-4-12(5-2)10-17-15(16-6-3)18-11-13-8-7-9-14(13)19/h12-14,19H,4-11H2,1-3H3,(H2,16,17,18). The Labute approximate surface area is 118 Å². The van der Waals surface area contributed by atoms with E-state index in [1.165, 1.54) is 12.8 Å². The van der Waals surface area contributed by atoms with E-state index in [2.05, 4.69) is 36.4 Å². The Morgan fingerprint density at radius 3 is 2.47 bits per heavy atom. The number of hydrogen-bond donors (Lipinski definition) is 3. The minimum atomic E-state index is -0.130. The first kappa shape index (κ1) is 16.3. The predicted octanol–water partition coefficient (Wildman–Crippen LogP) is 2.14. The molecule has 0 aromatic heterocycles. The largest absolute Gasteiger partial charge is 0.393 e. The molecule has 1 fully saturated rings. The molecule has 0 bridgehead atoms. The summed E-state index contributed by atoms with van der Waals surface area (Å²) in [5.74, 6) is 1.96. The first-order chi connectivity index (χ1) is 9.21. The second-order valence-electron chi connectivity index (χ2n) is 5.54. The number of hydrogen-bond acceptors (Lipinski definition) is 2. The van der Waals surface area contributed by atoms with Crippen LogP contribution >= 0.6 is 0 Å². The Balaban J connectivity index is 2.40. The molecule has 0 aromatic rings. The molecule has 1 aliphatic rings. The van der Waals surface area contributed by atoms with Crippen LogP contribution in [0.3, 0.4) is 0 Å². The van der Waals surface area contributed by atoms with Crippen LogP contribution in [-0.4, -0.2) is 36.8 Å². The van der Waals surface area contributed by atoms with Gasteiger partial charge in [0.05, 0.1) is 6.10 Å². The molecule has 4 heteroatoms. The summed E-state index contributed by atoms with van der Waals surface area (Å²) in [7, 11) is 0. The van der Waals surface area contributed by atoms with Crippen molar-refractivity contribution in [3.63, 3.8) is 0 Å². The van der Waals surface area contributed by atoms with E-state index in [0.29, 0.717) is 11.8 Å². The lowest BCUT2D eigenvalue weighted by Gasteiger charge is -2.18. The molecule has 1 saturated carbocycles. The smallest absolute Gasteiger partial charge is 0.191 e. The number of nitrogens with one attached hydrogen (secondary N) is 2. The van der Waals surface area contributed by atoms with E-state index >= 15 is 0 Å². The van der Waals surface area contributed by atoms with Crippen molar-refractivity contribution in [1.29, 1.82) is 0 Å². The third kappa shape index (κ3) is 5.81. The molecular weight excluding hydrogens is 238 g/mol. The van der Waals surface area contributed by atoms with Crippen molar-refractivity contribution in [2.24, 2.45) is 16.8 Å². The fourth-order valence-electron chi connectivity index (χ4n) is 2.59. The van der Waals surface area contributed by atoms with Gasteiger partial charge in [0, 0.05) is 25.6 Å². The van der Waals surface area contributed by atoms with Gasteiger partial charge in [0.2, 0.25) is 0 Å². The van der Waals surface area contributed by atoms with Gasteiger partial charge in [0.1, 0.15) is 0 Å². The molecule has 0 aromatic carbocycles. The van der Waals surface area contributed by atoms with E-state index < -0.39 is 0 Å². The molecule has 0 radical (unpaired) electrons. The molecule has 112 valence electrons. The first-order valence-electron chi connectivity index (χ1n) is 7.91. The summed E-state index contributed by atoms with van der Waals surface area (Å²) in [5, 5.41) is 16.5. The molecule has 0 saturated heterocycles. The maximum atomic E-state index is 9.83. The number of aliphatic hydroxyl groups is 1. The summed E-state index contributed by atoms with van der Waals surface area (Å²) in [6, 6.07) is 0. The molecule has 4 nitrogen and oxygen atoms in total. The van der Waals surface area contributed by atoms with E-state index in [0.717, 1.165) is 44.9 Å². The number of nitrogens with zero attached hydrogens (tertiary/aromatic N) is 1. The van der Waals surface area contributed by atoms with Gasteiger partial charge in [-0.25, -0.2) is 0 Å². The van der Waals surface area contributed by atoms with Gasteiger partial charge in [0.25, 0.3) is 0 Å². The maximum absolute atomic E-state index is 9.83. The fourth-order valence-corrected chi connectivity index (χ4v) is 2.59. The highest BCUT2D eigenvalue weighted by Crippen LogP contribution is 2.24. The Kier molecular flexibility index (Phi) is 7.87. The lowest BCUT2D eigenvalue weighted by Crippen LogP contribution is -2.41. The second kappa shape index (κ2) is 9.18. The predicted molar refractivity (Wildman–Crippen MR) is 81.4 cm³/mol. The van der Waals surface area contributed by atoms with Crippen molar-refractivity contribution in [1.82, 2.24) is 10.6 Å². The zero-order chi connectivity index (χ0) is 14.1. The van der Waals surface area contributed by atoms with Gasteiger partial charge in [-0.15, -0.1) is 0 Å². The van der Waals surface area contributed by atoms with E-state index in [4.69, 9.17) is 0 Å². The van der Waals surface area contributed by atoms with Gasteiger partial charge in [-0.1, -0.05) is 33.1 Å². The van der Waals surface area contributed by atoms with Crippen LogP contribution < -0.4 is 10.6 Å². The van der Waals surface area contributed by atoms with Crippen LogP contribution in [0.2, 0.25) is 0 Å². The molecule has 1 aliphatic carbocycles. The van der Waals surface area contributed by atoms with Crippen LogP contribution in [0.4, 0.5) is 0 Å². The molecular formula is C15H31N3O. The Bertz CT molecular complexity index is 264. The van der Waals surface area contributed by atoms with Gasteiger partial charge in [-0.3, -0.25) is 4.99 Å². The van der Waals surface area contributed by atoms with E-state index in [-0.39, 0.29) is 6.10 Å². The van der Waals surface area contributed by atoms with Gasteiger partial charge < -0.3 is 15.7 Å². The fraction of sp³-hybridized carbons (Fsp3) is 0.933. The SMILES string of the molecule is CCNC(=NCC(CC)CC)NCC1CCCC1O. The molecule has 0 aliphatic heterocycles. The van der Waals surface area contributed by atoms with E-state index in [1.807, 2.05) is 0 Å². The van der Waals surface area contributed by atoms with Crippen LogP contribution in [-0.2, 0) is 0 Å². The molecule has 0 amide bonds. The lowest BCUT2D eigenvalue weighted by atomic mass is 10.0. The normalized spacial score (nSPS) is 23.9. The van der Waals surface area contributed by atoms with Crippen LogP contribution in [0.15, 0.2) is 4.99 Å². The Hall–Kier alpha value is -0.770. The van der Waals surface area contributed by atoms with Crippen molar-refractivity contribution in [3.05, 3.63) is 0 Å². The zero-order valence-electron chi connectivity index (χ0n) is 12.8. The molecule has 2 unspecified atom stereocenters. The second-order valence-corrected chi connectivity index (χ2v) is 5.54. The van der Waals surface area contributed by atoms with Crippen molar-refractivity contribution in [2.45, 2.75) is 59.0 Å². The number of rotatable bonds is 7. The average molecular weight is 269 g/mol. The Morgan fingerprint density at radius 1 is 1.21 bits per heavy atom. The number of aliphatic hydroxyl groups excluding tert-OH is 1. The minimum absolute atomic E-state index is 0.130. The topological polar surface area (TPSA) is 56.7 Å². The molecule has 0 heterocycles. The van der Waals surface area contributed by atoms with Gasteiger partial charge in [-0.2, -0.15) is 0 Å². The van der Waals surface area contributed by atoms with Gasteiger partial charge >= 0.3 is 0 Å². The quantitative estimate of drug-likeness (QED) is 0.490. The van der Waals surface area contributed by atoms with Gasteiger partial charge in [0.15, 0.2) is 5.96 Å². The molecule has 2 atom stereocenters. The van der Waals surface area contributed by atoms with Gasteiger partial charge in [-0.05, 0) is 25.7 Å². The molecule has 19 heavy (non-hydrogen) atoms. The van der Waals surface area contributed by atoms with Crippen molar-refractivity contribution in [3.8, 4) is 0 Å². The highest BCUT2D eigenvalue weighted by atomic mass is 16.3. The van der Waals surface area contributed by atoms with Crippen molar-refractivity contribution in [2.75, 3.05) is 19.6 Å². The summed E-state index contributed by atoms with van der Waals surface area (Å²) in [4.78, 5) is 4.65. The van der Waals surface area contributed by atoms with E-state index in [9.17, 15) is 5.11 Å². The molecule has 0 spiro atoms.